The molecule has 0 bridgehead atoms. The second-order valence-electron chi connectivity index (χ2n) is 4.16. The average Bonchev–Trinajstić information content (AvgIpc) is 2.53. The molecule has 1 atom stereocenters. The fourth-order valence-electron chi connectivity index (χ4n) is 1.80. The highest BCUT2D eigenvalue weighted by molar-refractivity contribution is 5.76. The molecule has 1 saturated heterocycles. The molecule has 100 valence electrons. The van der Waals surface area contributed by atoms with E-state index in [1.54, 1.807) is 0 Å². The summed E-state index contributed by atoms with van der Waals surface area (Å²) in [6, 6.07) is 0.201. The lowest BCUT2D eigenvalue weighted by molar-refractivity contribution is -0.123. The van der Waals surface area contributed by atoms with E-state index in [2.05, 4.69) is 15.4 Å². The number of hydrogen-bond donors (Lipinski definition) is 2. The molecule has 0 spiro atoms. The molecule has 4 nitrogen and oxygen atoms in total. The van der Waals surface area contributed by atoms with Crippen LogP contribution in [0.4, 0.5) is 8.78 Å². The summed E-state index contributed by atoms with van der Waals surface area (Å²) < 4.78 is 28.1. The van der Waals surface area contributed by atoms with Crippen LogP contribution in [0.5, 0.6) is 0 Å². The van der Waals surface area contributed by atoms with Crippen molar-refractivity contribution in [2.75, 3.05) is 26.3 Å². The Morgan fingerprint density at radius 1 is 1.41 bits per heavy atom. The Balaban J connectivity index is 2.07. The predicted octanol–water partition coefficient (Wildman–Crippen LogP) is 0.916. The van der Waals surface area contributed by atoms with Crippen LogP contribution in [0, 0.1) is 0 Å². The van der Waals surface area contributed by atoms with Crippen LogP contribution in [0.2, 0.25) is 0 Å². The van der Waals surface area contributed by atoms with Gasteiger partial charge in [0.1, 0.15) is 6.61 Å². The lowest BCUT2D eigenvalue weighted by Gasteiger charge is -2.15. The van der Waals surface area contributed by atoms with Gasteiger partial charge in [-0.3, -0.25) is 4.79 Å². The first kappa shape index (κ1) is 14.3. The van der Waals surface area contributed by atoms with Gasteiger partial charge in [0.05, 0.1) is 6.61 Å². The maximum atomic E-state index is 11.7. The summed E-state index contributed by atoms with van der Waals surface area (Å²) in [5.41, 5.74) is 0. The molecule has 17 heavy (non-hydrogen) atoms. The van der Waals surface area contributed by atoms with Crippen LogP contribution in [0.1, 0.15) is 25.7 Å². The van der Waals surface area contributed by atoms with Gasteiger partial charge in [-0.1, -0.05) is 0 Å². The second kappa shape index (κ2) is 8.36. The number of alkyl halides is 2. The quantitative estimate of drug-likeness (QED) is 0.689. The molecule has 0 aromatic rings. The largest absolute Gasteiger partial charge is 0.375 e. The van der Waals surface area contributed by atoms with Crippen molar-refractivity contribution in [1.29, 1.82) is 0 Å². The van der Waals surface area contributed by atoms with Gasteiger partial charge in [-0.25, -0.2) is 8.78 Å². The number of ether oxygens (including phenoxy) is 1. The molecule has 1 fully saturated rings. The van der Waals surface area contributed by atoms with Crippen molar-refractivity contribution in [3.63, 3.8) is 0 Å². The second-order valence-corrected chi connectivity index (χ2v) is 4.16. The van der Waals surface area contributed by atoms with E-state index in [1.165, 1.54) is 0 Å². The van der Waals surface area contributed by atoms with Crippen molar-refractivity contribution in [2.45, 2.75) is 38.2 Å². The van der Waals surface area contributed by atoms with Gasteiger partial charge in [0, 0.05) is 12.5 Å². The molecule has 1 heterocycles. The molecular weight excluding hydrogens is 230 g/mol. The van der Waals surface area contributed by atoms with Crippen LogP contribution in [0.25, 0.3) is 0 Å². The number of rotatable bonds is 6. The number of hydrogen-bond acceptors (Lipinski definition) is 3. The van der Waals surface area contributed by atoms with Gasteiger partial charge in [-0.2, -0.15) is 0 Å². The first-order valence-electron chi connectivity index (χ1n) is 6.04. The van der Waals surface area contributed by atoms with E-state index in [0.717, 1.165) is 32.4 Å². The number of nitrogens with one attached hydrogen (secondary N) is 2. The Morgan fingerprint density at radius 3 is 3.00 bits per heavy atom. The first-order valence-corrected chi connectivity index (χ1v) is 6.04. The van der Waals surface area contributed by atoms with E-state index in [-0.39, 0.29) is 25.0 Å². The van der Waals surface area contributed by atoms with Crippen LogP contribution < -0.4 is 10.6 Å². The topological polar surface area (TPSA) is 50.4 Å². The fourth-order valence-corrected chi connectivity index (χ4v) is 1.80. The minimum atomic E-state index is -2.47. The number of amides is 1. The van der Waals surface area contributed by atoms with E-state index in [0.29, 0.717) is 0 Å². The van der Waals surface area contributed by atoms with E-state index >= 15 is 0 Å². The summed E-state index contributed by atoms with van der Waals surface area (Å²) in [5.74, 6) is -0.119. The maximum absolute atomic E-state index is 11.7. The fraction of sp³-hybridized carbons (Fsp3) is 0.909. The molecule has 1 aliphatic rings. The van der Waals surface area contributed by atoms with E-state index in [9.17, 15) is 13.6 Å². The van der Waals surface area contributed by atoms with Crippen LogP contribution in [0.15, 0.2) is 0 Å². The number of carbonyl (C=O) groups is 1. The third kappa shape index (κ3) is 7.23. The highest BCUT2D eigenvalue weighted by Crippen LogP contribution is 2.05. The minimum absolute atomic E-state index is 0.0567. The van der Waals surface area contributed by atoms with Gasteiger partial charge in [0.25, 0.3) is 6.43 Å². The molecule has 2 N–H and O–H groups in total. The standard InChI is InChI=1S/C11H20F2N2O2/c12-10(13)8-17-7-4-11(16)15-9-2-1-5-14-6-3-9/h9-10,14H,1-8H2,(H,15,16). The molecule has 0 aromatic heterocycles. The van der Waals surface area contributed by atoms with Crippen molar-refractivity contribution < 1.29 is 18.3 Å². The zero-order valence-corrected chi connectivity index (χ0v) is 9.88. The third-order valence-electron chi connectivity index (χ3n) is 2.66. The summed E-state index contributed by atoms with van der Waals surface area (Å²) in [6.07, 6.45) is 0.620. The minimum Gasteiger partial charge on any atom is -0.375 e. The average molecular weight is 250 g/mol. The molecule has 1 amide bonds. The van der Waals surface area contributed by atoms with Gasteiger partial charge < -0.3 is 15.4 Å². The van der Waals surface area contributed by atoms with E-state index < -0.39 is 13.0 Å². The summed E-state index contributed by atoms with van der Waals surface area (Å²) in [5, 5.41) is 6.16. The number of halogens is 2. The molecule has 6 heteroatoms. The number of carbonyl (C=O) groups excluding carboxylic acids is 1. The molecule has 1 unspecified atom stereocenters. The Morgan fingerprint density at radius 2 is 2.24 bits per heavy atom. The van der Waals surface area contributed by atoms with Crippen molar-refractivity contribution in [1.82, 2.24) is 10.6 Å². The predicted molar refractivity (Wildman–Crippen MR) is 60.1 cm³/mol. The highest BCUT2D eigenvalue weighted by atomic mass is 19.3. The van der Waals surface area contributed by atoms with Gasteiger partial charge in [-0.15, -0.1) is 0 Å². The molecule has 0 aliphatic carbocycles. The van der Waals surface area contributed by atoms with E-state index in [1.807, 2.05) is 0 Å². The Kier molecular flexibility index (Phi) is 7.04. The lowest BCUT2D eigenvalue weighted by Crippen LogP contribution is -2.35. The Hall–Kier alpha value is -0.750. The monoisotopic (exact) mass is 250 g/mol. The molecule has 0 radical (unpaired) electrons. The summed E-state index contributed by atoms with van der Waals surface area (Å²) in [4.78, 5) is 11.5. The summed E-state index contributed by atoms with van der Waals surface area (Å²) in [6.45, 7) is 1.36. The normalized spacial score (nSPS) is 21.2. The molecule has 0 saturated carbocycles. The first-order chi connectivity index (χ1) is 8.18. The molecular formula is C11H20F2N2O2. The molecule has 0 aromatic carbocycles. The smallest absolute Gasteiger partial charge is 0.261 e. The zero-order chi connectivity index (χ0) is 12.5. The lowest BCUT2D eigenvalue weighted by atomic mass is 10.1. The molecule has 1 rings (SSSR count). The van der Waals surface area contributed by atoms with E-state index in [4.69, 9.17) is 0 Å². The van der Waals surface area contributed by atoms with Crippen LogP contribution in [-0.2, 0) is 9.53 Å². The van der Waals surface area contributed by atoms with Gasteiger partial charge in [0.2, 0.25) is 5.91 Å². The Bertz CT molecular complexity index is 220. The van der Waals surface area contributed by atoms with Gasteiger partial charge in [-0.05, 0) is 32.4 Å². The highest BCUT2D eigenvalue weighted by Gasteiger charge is 2.14. The van der Waals surface area contributed by atoms with Crippen LogP contribution in [0.3, 0.4) is 0 Å². The SMILES string of the molecule is O=C(CCOCC(F)F)NC1CCCNCC1. The third-order valence-corrected chi connectivity index (χ3v) is 2.66. The van der Waals surface area contributed by atoms with Crippen molar-refractivity contribution in [3.05, 3.63) is 0 Å². The maximum Gasteiger partial charge on any atom is 0.261 e. The summed E-state index contributed by atoms with van der Waals surface area (Å²) in [7, 11) is 0. The van der Waals surface area contributed by atoms with Gasteiger partial charge in [0.15, 0.2) is 0 Å². The van der Waals surface area contributed by atoms with Crippen molar-refractivity contribution in [2.24, 2.45) is 0 Å². The molecule has 1 aliphatic heterocycles. The van der Waals surface area contributed by atoms with Crippen LogP contribution in [-0.4, -0.2) is 44.7 Å². The van der Waals surface area contributed by atoms with Crippen molar-refractivity contribution in [3.8, 4) is 0 Å². The van der Waals surface area contributed by atoms with Crippen molar-refractivity contribution >= 4 is 5.91 Å². The Labute approximate surface area is 100 Å². The zero-order valence-electron chi connectivity index (χ0n) is 9.88. The summed E-state index contributed by atoms with van der Waals surface area (Å²) >= 11 is 0. The van der Waals surface area contributed by atoms with Gasteiger partial charge >= 0.3 is 0 Å². The van der Waals surface area contributed by atoms with Crippen LogP contribution >= 0.6 is 0 Å².